The molecule has 0 saturated carbocycles. The van der Waals surface area contributed by atoms with Gasteiger partial charge in [-0.15, -0.1) is 0 Å². The highest BCUT2D eigenvalue weighted by Gasteiger charge is 2.29. The van der Waals surface area contributed by atoms with Gasteiger partial charge in [0, 0.05) is 23.8 Å². The second-order valence-electron chi connectivity index (χ2n) is 10.8. The first-order valence-electron chi connectivity index (χ1n) is 14.5. The summed E-state index contributed by atoms with van der Waals surface area (Å²) in [6.07, 6.45) is 3.36. The van der Waals surface area contributed by atoms with Crippen LogP contribution in [0.5, 0.6) is 11.5 Å². The zero-order chi connectivity index (χ0) is 31.5. The molecule has 0 saturated heterocycles. The van der Waals surface area contributed by atoms with Gasteiger partial charge in [0.05, 0.1) is 33.9 Å². The van der Waals surface area contributed by atoms with Gasteiger partial charge >= 0.3 is 0 Å². The monoisotopic (exact) mass is 596 g/mol. The van der Waals surface area contributed by atoms with Crippen LogP contribution in [0.4, 0.5) is 22.7 Å². The van der Waals surface area contributed by atoms with Gasteiger partial charge in [-0.25, -0.2) is 0 Å². The molecule has 6 rings (SSSR count). The Kier molecular flexibility index (Phi) is 7.99. The number of nitrogens with one attached hydrogen (secondary N) is 2. The molecule has 0 bridgehead atoms. The molecule has 45 heavy (non-hydrogen) atoms. The lowest BCUT2D eigenvalue weighted by molar-refractivity contribution is -0.115. The Bertz CT molecular complexity index is 1730. The van der Waals surface area contributed by atoms with Crippen LogP contribution in [0.1, 0.15) is 25.0 Å². The van der Waals surface area contributed by atoms with E-state index in [1.54, 1.807) is 12.4 Å². The Labute approximate surface area is 261 Å². The maximum absolute atomic E-state index is 13.0. The quantitative estimate of drug-likeness (QED) is 0.205. The van der Waals surface area contributed by atoms with E-state index in [4.69, 9.17) is 4.74 Å². The first kappa shape index (κ1) is 29.1. The molecule has 2 amide bonds. The van der Waals surface area contributed by atoms with Crippen LogP contribution in [0.3, 0.4) is 0 Å². The summed E-state index contributed by atoms with van der Waals surface area (Å²) >= 11 is 0. The molecule has 2 N–H and O–H groups in total. The minimum atomic E-state index is -0.180. The van der Waals surface area contributed by atoms with Gasteiger partial charge in [0.15, 0.2) is 0 Å². The third kappa shape index (κ3) is 6.37. The fourth-order valence-corrected chi connectivity index (χ4v) is 4.78. The average molecular weight is 597 g/mol. The first-order valence-corrected chi connectivity index (χ1v) is 14.5. The topological polar surface area (TPSA) is 98.6 Å². The van der Waals surface area contributed by atoms with E-state index in [1.807, 2.05) is 125 Å². The fourth-order valence-electron chi connectivity index (χ4n) is 4.78. The second kappa shape index (κ2) is 12.3. The van der Waals surface area contributed by atoms with Gasteiger partial charge in [-0.05, 0) is 100 Å². The number of ether oxygens (including phenoxy) is 1. The maximum atomic E-state index is 13.0. The van der Waals surface area contributed by atoms with Gasteiger partial charge in [0.2, 0.25) is 0 Å². The zero-order valence-electron chi connectivity index (χ0n) is 25.4. The number of nitrogens with zero attached hydrogens (tertiary/aromatic N) is 4. The summed E-state index contributed by atoms with van der Waals surface area (Å²) in [6, 6.07) is 30.3. The van der Waals surface area contributed by atoms with Crippen LogP contribution >= 0.6 is 0 Å². The third-order valence-corrected chi connectivity index (χ3v) is 7.39. The summed E-state index contributed by atoms with van der Waals surface area (Å²) in [5.74, 6) is 0.965. The summed E-state index contributed by atoms with van der Waals surface area (Å²) in [7, 11) is 0. The number of hydrazone groups is 2. The molecular formula is C36H32N6O3. The zero-order valence-corrected chi connectivity index (χ0v) is 25.4. The summed E-state index contributed by atoms with van der Waals surface area (Å²) in [6.45, 7) is 7.64. The number of anilines is 4. The van der Waals surface area contributed by atoms with Crippen molar-refractivity contribution in [2.45, 2.75) is 27.7 Å². The highest BCUT2D eigenvalue weighted by Crippen LogP contribution is 2.28. The number of benzene rings is 4. The summed E-state index contributed by atoms with van der Waals surface area (Å²) in [5, 5.41) is 18.1. The van der Waals surface area contributed by atoms with Gasteiger partial charge < -0.3 is 15.4 Å². The molecule has 2 aliphatic heterocycles. The van der Waals surface area contributed by atoms with E-state index < -0.39 is 0 Å². The lowest BCUT2D eigenvalue weighted by atomic mass is 10.2. The van der Waals surface area contributed by atoms with E-state index in [0.29, 0.717) is 34.1 Å². The minimum absolute atomic E-state index is 0.180. The van der Waals surface area contributed by atoms with E-state index >= 15 is 0 Å². The molecule has 2 aliphatic rings. The SMILES string of the molecule is CC1=NN(c2ccc(C)cc2)C(=O)C1=CNc1ccc(Oc2ccc(NC=C3C(=O)N(c4ccc(C)cc4)N=C3C)cc2)cc1. The minimum Gasteiger partial charge on any atom is -0.457 e. The van der Waals surface area contributed by atoms with Crippen LogP contribution in [-0.2, 0) is 9.59 Å². The number of rotatable bonds is 8. The summed E-state index contributed by atoms with van der Waals surface area (Å²) in [5.41, 5.74) is 7.60. The number of aryl methyl sites for hydroxylation is 2. The number of amides is 2. The summed E-state index contributed by atoms with van der Waals surface area (Å²) in [4.78, 5) is 25.9. The molecule has 4 aromatic rings. The van der Waals surface area contributed by atoms with E-state index in [-0.39, 0.29) is 11.8 Å². The molecule has 0 fully saturated rings. The predicted octanol–water partition coefficient (Wildman–Crippen LogP) is 7.53. The van der Waals surface area contributed by atoms with Gasteiger partial charge in [-0.1, -0.05) is 35.4 Å². The molecule has 0 aliphatic carbocycles. The summed E-state index contributed by atoms with van der Waals surface area (Å²) < 4.78 is 6.01. The van der Waals surface area contributed by atoms with E-state index in [1.165, 1.54) is 10.0 Å². The maximum Gasteiger partial charge on any atom is 0.282 e. The highest BCUT2D eigenvalue weighted by atomic mass is 16.5. The van der Waals surface area contributed by atoms with Gasteiger partial charge in [0.25, 0.3) is 11.8 Å². The lowest BCUT2D eigenvalue weighted by Gasteiger charge is -2.12. The molecule has 4 aromatic carbocycles. The number of carbonyl (C=O) groups excluding carboxylic acids is 2. The van der Waals surface area contributed by atoms with Crippen molar-refractivity contribution in [3.63, 3.8) is 0 Å². The highest BCUT2D eigenvalue weighted by molar-refractivity contribution is 6.30. The molecular weight excluding hydrogens is 564 g/mol. The van der Waals surface area contributed by atoms with Crippen molar-refractivity contribution in [3.8, 4) is 11.5 Å². The predicted molar refractivity (Wildman–Crippen MR) is 180 cm³/mol. The lowest BCUT2D eigenvalue weighted by Crippen LogP contribution is -2.21. The second-order valence-corrected chi connectivity index (χ2v) is 10.8. The molecule has 0 aromatic heterocycles. The smallest absolute Gasteiger partial charge is 0.282 e. The van der Waals surface area contributed by atoms with E-state index in [0.717, 1.165) is 33.9 Å². The van der Waals surface area contributed by atoms with Crippen LogP contribution in [0, 0.1) is 13.8 Å². The van der Waals surface area contributed by atoms with Crippen LogP contribution in [0.2, 0.25) is 0 Å². The molecule has 0 unspecified atom stereocenters. The van der Waals surface area contributed by atoms with Crippen molar-refractivity contribution < 1.29 is 14.3 Å². The molecule has 2 heterocycles. The third-order valence-electron chi connectivity index (χ3n) is 7.39. The molecule has 0 radical (unpaired) electrons. The Morgan fingerprint density at radius 1 is 0.533 bits per heavy atom. The molecule has 0 spiro atoms. The van der Waals surface area contributed by atoms with Crippen molar-refractivity contribution in [2.75, 3.05) is 20.7 Å². The van der Waals surface area contributed by atoms with Crippen LogP contribution < -0.4 is 25.4 Å². The average Bonchev–Trinajstić information content (AvgIpc) is 3.49. The molecule has 224 valence electrons. The van der Waals surface area contributed by atoms with Crippen molar-refractivity contribution >= 4 is 46.0 Å². The largest absolute Gasteiger partial charge is 0.457 e. The van der Waals surface area contributed by atoms with Crippen molar-refractivity contribution in [1.82, 2.24) is 0 Å². The Hall–Kier alpha value is -5.96. The van der Waals surface area contributed by atoms with Crippen molar-refractivity contribution in [3.05, 3.63) is 132 Å². The molecule has 9 heteroatoms. The van der Waals surface area contributed by atoms with Gasteiger partial charge in [-0.3, -0.25) is 9.59 Å². The number of hydrogen-bond donors (Lipinski definition) is 2. The molecule has 0 atom stereocenters. The Morgan fingerprint density at radius 3 is 1.24 bits per heavy atom. The van der Waals surface area contributed by atoms with Gasteiger partial charge in [-0.2, -0.15) is 20.2 Å². The van der Waals surface area contributed by atoms with Crippen LogP contribution in [0.25, 0.3) is 0 Å². The number of carbonyl (C=O) groups is 2. The number of hydrogen-bond acceptors (Lipinski definition) is 7. The van der Waals surface area contributed by atoms with Crippen molar-refractivity contribution in [1.29, 1.82) is 0 Å². The van der Waals surface area contributed by atoms with Crippen LogP contribution in [0.15, 0.2) is 131 Å². The molecule has 9 nitrogen and oxygen atoms in total. The van der Waals surface area contributed by atoms with Crippen LogP contribution in [-0.4, -0.2) is 23.2 Å². The Balaban J connectivity index is 1.04. The Morgan fingerprint density at radius 2 is 0.889 bits per heavy atom. The first-order chi connectivity index (χ1) is 21.7. The van der Waals surface area contributed by atoms with Crippen molar-refractivity contribution in [2.24, 2.45) is 10.2 Å². The fraction of sp³-hybridized carbons (Fsp3) is 0.111. The van der Waals surface area contributed by atoms with Gasteiger partial charge in [0.1, 0.15) is 11.5 Å². The van der Waals surface area contributed by atoms with E-state index in [9.17, 15) is 9.59 Å². The normalized spacial score (nSPS) is 16.4. The van der Waals surface area contributed by atoms with E-state index in [2.05, 4.69) is 20.8 Å². The standard InChI is InChI=1S/C36H32N6O3/c1-23-5-13-29(14-6-23)41-35(43)33(25(3)39-41)21-37-27-9-17-31(18-10-27)45-32-19-11-28(12-20-32)38-22-34-26(4)40-42(36(34)44)30-15-7-24(2)8-16-30/h5-22,37-38H,1-4H3.